The third kappa shape index (κ3) is 7.72. The maximum atomic E-state index is 11.8. The number of benzene rings is 1. The van der Waals surface area contributed by atoms with E-state index in [-0.39, 0.29) is 18.5 Å². The predicted octanol–water partition coefficient (Wildman–Crippen LogP) is 2.21. The van der Waals surface area contributed by atoms with Gasteiger partial charge in [-0.05, 0) is 39.2 Å². The highest BCUT2D eigenvalue weighted by Gasteiger charge is 2.30. The van der Waals surface area contributed by atoms with E-state index in [0.717, 1.165) is 0 Å². The molecule has 0 saturated heterocycles. The van der Waals surface area contributed by atoms with E-state index in [9.17, 15) is 34.7 Å². The van der Waals surface area contributed by atoms with Gasteiger partial charge in [-0.25, -0.2) is 9.59 Å². The van der Waals surface area contributed by atoms with Crippen LogP contribution in [0.4, 0.5) is 10.5 Å². The molecule has 1 amide bonds. The molecule has 1 aromatic rings. The van der Waals surface area contributed by atoms with Crippen molar-refractivity contribution in [2.24, 2.45) is 5.92 Å². The summed E-state index contributed by atoms with van der Waals surface area (Å²) in [6.07, 6.45) is -1.39. The van der Waals surface area contributed by atoms with Gasteiger partial charge in [-0.15, -0.1) is 0 Å². The minimum Gasteiger partial charge on any atom is -0.481 e. The van der Waals surface area contributed by atoms with Crippen molar-refractivity contribution in [3.05, 3.63) is 39.9 Å². The number of alkyl carbamates (subject to hydrolysis) is 1. The van der Waals surface area contributed by atoms with Crippen LogP contribution >= 0.6 is 0 Å². The van der Waals surface area contributed by atoms with Crippen LogP contribution in [0.5, 0.6) is 0 Å². The Morgan fingerprint density at radius 1 is 1.15 bits per heavy atom. The number of carboxylic acid groups (broad SMARTS) is 2. The van der Waals surface area contributed by atoms with Gasteiger partial charge < -0.3 is 20.3 Å². The first-order chi connectivity index (χ1) is 12.4. The summed E-state index contributed by atoms with van der Waals surface area (Å²) in [7, 11) is 0. The molecule has 0 bridgehead atoms. The van der Waals surface area contributed by atoms with Gasteiger partial charge in [-0.3, -0.25) is 14.9 Å². The van der Waals surface area contributed by atoms with Gasteiger partial charge in [0.25, 0.3) is 5.69 Å². The Morgan fingerprint density at radius 2 is 1.70 bits per heavy atom. The molecule has 0 aromatic heterocycles. The van der Waals surface area contributed by atoms with Crippen molar-refractivity contribution in [3.63, 3.8) is 0 Å². The largest absolute Gasteiger partial charge is 0.481 e. The van der Waals surface area contributed by atoms with E-state index in [0.29, 0.717) is 5.56 Å². The second-order valence-corrected chi connectivity index (χ2v) is 6.94. The second kappa shape index (κ2) is 8.97. The van der Waals surface area contributed by atoms with Crippen LogP contribution in [-0.2, 0) is 20.7 Å². The first-order valence-corrected chi connectivity index (χ1v) is 8.07. The molecule has 27 heavy (non-hydrogen) atoms. The van der Waals surface area contributed by atoms with Gasteiger partial charge in [0.15, 0.2) is 0 Å². The Hall–Kier alpha value is -3.17. The molecule has 0 spiro atoms. The Morgan fingerprint density at radius 3 is 2.11 bits per heavy atom. The molecule has 10 heteroatoms. The van der Waals surface area contributed by atoms with E-state index in [1.165, 1.54) is 24.3 Å². The van der Waals surface area contributed by atoms with Crippen molar-refractivity contribution >= 4 is 23.7 Å². The molecule has 0 aliphatic rings. The number of nitro benzene ring substituents is 1. The van der Waals surface area contributed by atoms with Crippen molar-refractivity contribution in [1.29, 1.82) is 0 Å². The van der Waals surface area contributed by atoms with Crippen molar-refractivity contribution in [2.75, 3.05) is 0 Å². The highest BCUT2D eigenvalue weighted by atomic mass is 16.6. The summed E-state index contributed by atoms with van der Waals surface area (Å²) in [6.45, 7) is 4.82. The smallest absolute Gasteiger partial charge is 0.408 e. The lowest BCUT2D eigenvalue weighted by atomic mass is 9.92. The zero-order chi connectivity index (χ0) is 20.8. The van der Waals surface area contributed by atoms with Crippen molar-refractivity contribution < 1.29 is 34.3 Å². The van der Waals surface area contributed by atoms with Gasteiger partial charge in [0, 0.05) is 12.1 Å². The van der Waals surface area contributed by atoms with E-state index in [1.54, 1.807) is 20.8 Å². The zero-order valence-electron chi connectivity index (χ0n) is 15.2. The monoisotopic (exact) mass is 382 g/mol. The van der Waals surface area contributed by atoms with Crippen LogP contribution < -0.4 is 5.32 Å². The van der Waals surface area contributed by atoms with E-state index in [2.05, 4.69) is 5.32 Å². The number of amides is 1. The average molecular weight is 382 g/mol. The number of rotatable bonds is 8. The molecule has 0 aliphatic carbocycles. The standard InChI is InChI=1S/C17H22N2O8/c1-17(2,3)27-16(24)18-13(15(22)23)9-11(14(20)21)8-10-4-6-12(7-5-10)19(25)26/h4-7,11,13H,8-9H2,1-3H3,(H,18,24)(H,20,21)(H,22,23)/t11-,13+/m0/s1. The normalized spacial score (nSPS) is 13.3. The molecule has 1 aromatic carbocycles. The number of ether oxygens (including phenoxy) is 1. The van der Waals surface area contributed by atoms with Crippen LogP contribution in [0.3, 0.4) is 0 Å². The van der Waals surface area contributed by atoms with E-state index >= 15 is 0 Å². The fraction of sp³-hybridized carbons (Fsp3) is 0.471. The molecule has 148 valence electrons. The topological polar surface area (TPSA) is 156 Å². The average Bonchev–Trinajstić information content (AvgIpc) is 2.51. The summed E-state index contributed by atoms with van der Waals surface area (Å²) < 4.78 is 4.99. The molecule has 0 unspecified atom stereocenters. The molecule has 3 N–H and O–H groups in total. The summed E-state index contributed by atoms with van der Waals surface area (Å²) in [5, 5.41) is 31.5. The number of carbonyl (C=O) groups excluding carboxylic acids is 1. The van der Waals surface area contributed by atoms with Crippen LogP contribution in [0.1, 0.15) is 32.8 Å². The van der Waals surface area contributed by atoms with Crippen LogP contribution in [0.2, 0.25) is 0 Å². The third-order valence-corrected chi connectivity index (χ3v) is 3.49. The minimum atomic E-state index is -1.46. The number of nitro groups is 1. The number of nitrogens with zero attached hydrogens (tertiary/aromatic N) is 1. The molecule has 0 heterocycles. The predicted molar refractivity (Wildman–Crippen MR) is 93.3 cm³/mol. The summed E-state index contributed by atoms with van der Waals surface area (Å²) in [5.41, 5.74) is -0.479. The summed E-state index contributed by atoms with van der Waals surface area (Å²) in [5.74, 6) is -3.76. The summed E-state index contributed by atoms with van der Waals surface area (Å²) in [6, 6.07) is 3.83. The molecule has 0 saturated carbocycles. The first kappa shape index (κ1) is 21.9. The maximum Gasteiger partial charge on any atom is 0.408 e. The number of carboxylic acids is 2. The highest BCUT2D eigenvalue weighted by molar-refractivity contribution is 5.81. The molecule has 1 rings (SSSR count). The summed E-state index contributed by atoms with van der Waals surface area (Å²) in [4.78, 5) is 44.8. The third-order valence-electron chi connectivity index (χ3n) is 3.49. The fourth-order valence-corrected chi connectivity index (χ4v) is 2.27. The molecule has 0 aliphatic heterocycles. The minimum absolute atomic E-state index is 0.0485. The Bertz CT molecular complexity index is 709. The fourth-order valence-electron chi connectivity index (χ4n) is 2.27. The van der Waals surface area contributed by atoms with Gasteiger partial charge in [-0.2, -0.15) is 0 Å². The molecule has 2 atom stereocenters. The van der Waals surface area contributed by atoms with Gasteiger partial charge in [0.2, 0.25) is 0 Å². The Balaban J connectivity index is 2.85. The molecular weight excluding hydrogens is 360 g/mol. The van der Waals surface area contributed by atoms with Crippen LogP contribution in [-0.4, -0.2) is 44.8 Å². The van der Waals surface area contributed by atoms with E-state index in [4.69, 9.17) is 4.74 Å². The Kier molecular flexibility index (Phi) is 7.26. The van der Waals surface area contributed by atoms with E-state index in [1.807, 2.05) is 0 Å². The van der Waals surface area contributed by atoms with Crippen molar-refractivity contribution in [2.45, 2.75) is 45.3 Å². The number of hydrogen-bond donors (Lipinski definition) is 3. The van der Waals surface area contributed by atoms with Crippen molar-refractivity contribution in [1.82, 2.24) is 5.32 Å². The highest BCUT2D eigenvalue weighted by Crippen LogP contribution is 2.19. The zero-order valence-corrected chi connectivity index (χ0v) is 15.2. The van der Waals surface area contributed by atoms with Gasteiger partial charge in [-0.1, -0.05) is 12.1 Å². The lowest BCUT2D eigenvalue weighted by molar-refractivity contribution is -0.384. The van der Waals surface area contributed by atoms with Crippen LogP contribution in [0, 0.1) is 16.0 Å². The number of nitrogens with one attached hydrogen (secondary N) is 1. The Labute approximate surface area is 155 Å². The van der Waals surface area contributed by atoms with Crippen molar-refractivity contribution in [3.8, 4) is 0 Å². The quantitative estimate of drug-likeness (QED) is 0.456. The van der Waals surface area contributed by atoms with Gasteiger partial charge in [0.05, 0.1) is 10.8 Å². The number of carbonyl (C=O) groups is 3. The second-order valence-electron chi connectivity index (χ2n) is 6.94. The van der Waals surface area contributed by atoms with E-state index < -0.39 is 40.5 Å². The molecular formula is C17H22N2O8. The SMILES string of the molecule is CC(C)(C)OC(=O)N[C@H](C[C@H](Cc1ccc([N+](=O)[O-])cc1)C(=O)O)C(=O)O. The number of aliphatic carboxylic acids is 2. The number of hydrogen-bond acceptors (Lipinski definition) is 6. The maximum absolute atomic E-state index is 11.8. The number of non-ortho nitro benzene ring substituents is 1. The molecule has 0 fully saturated rings. The molecule has 0 radical (unpaired) electrons. The van der Waals surface area contributed by atoms with Crippen LogP contribution in [0.15, 0.2) is 24.3 Å². The van der Waals surface area contributed by atoms with Crippen LogP contribution in [0.25, 0.3) is 0 Å². The lowest BCUT2D eigenvalue weighted by Gasteiger charge is -2.23. The van der Waals surface area contributed by atoms with Gasteiger partial charge >= 0.3 is 18.0 Å². The lowest BCUT2D eigenvalue weighted by Crippen LogP contribution is -2.45. The first-order valence-electron chi connectivity index (χ1n) is 8.07. The van der Waals surface area contributed by atoms with Gasteiger partial charge in [0.1, 0.15) is 11.6 Å². The molecule has 10 nitrogen and oxygen atoms in total. The summed E-state index contributed by atoms with van der Waals surface area (Å²) >= 11 is 0.